The van der Waals surface area contributed by atoms with Gasteiger partial charge in [0.2, 0.25) is 0 Å². The highest BCUT2D eigenvalue weighted by molar-refractivity contribution is 5.78. The van der Waals surface area contributed by atoms with Gasteiger partial charge in [-0.05, 0) is 43.6 Å². The molecule has 2 unspecified atom stereocenters. The van der Waals surface area contributed by atoms with Crippen LogP contribution in [-0.2, 0) is 4.79 Å². The minimum atomic E-state index is -0.487. The molecule has 0 aromatic heterocycles. The number of carbonyl (C=O) groups is 1. The van der Waals surface area contributed by atoms with E-state index >= 15 is 0 Å². The summed E-state index contributed by atoms with van der Waals surface area (Å²) in [5, 5.41) is 13.8. The standard InChI is InChI=1S/C17H23N3O4/c18-13-7-11-3-1-4-12(8-13)17(11)19-16(21)10-24-15-6-2-5-14(9-15)20(22)23/h2,5-6,9,11-13,17H,1,3-4,7-8,10,18H2,(H,19,21). The fraction of sp³-hybridized carbons (Fsp3) is 0.588. The summed E-state index contributed by atoms with van der Waals surface area (Å²) in [6.45, 7) is -0.136. The van der Waals surface area contributed by atoms with Crippen molar-refractivity contribution >= 4 is 11.6 Å². The van der Waals surface area contributed by atoms with Crippen LogP contribution in [0.4, 0.5) is 5.69 Å². The number of amides is 1. The summed E-state index contributed by atoms with van der Waals surface area (Å²) < 4.78 is 5.40. The van der Waals surface area contributed by atoms with Gasteiger partial charge in [0.05, 0.1) is 11.0 Å². The number of nitrogens with zero attached hydrogens (tertiary/aromatic N) is 1. The van der Waals surface area contributed by atoms with E-state index in [1.54, 1.807) is 6.07 Å². The molecule has 130 valence electrons. The van der Waals surface area contributed by atoms with Gasteiger partial charge in [0.25, 0.3) is 11.6 Å². The number of nitro groups is 1. The van der Waals surface area contributed by atoms with Crippen molar-refractivity contribution in [3.8, 4) is 5.75 Å². The van der Waals surface area contributed by atoms with Crippen molar-refractivity contribution in [1.29, 1.82) is 0 Å². The maximum absolute atomic E-state index is 12.2. The van der Waals surface area contributed by atoms with Crippen LogP contribution in [0.15, 0.2) is 24.3 Å². The van der Waals surface area contributed by atoms with E-state index < -0.39 is 4.92 Å². The van der Waals surface area contributed by atoms with E-state index in [2.05, 4.69) is 5.32 Å². The normalized spacial score (nSPS) is 28.9. The third-order valence-electron chi connectivity index (χ3n) is 5.10. The summed E-state index contributed by atoms with van der Waals surface area (Å²) in [6, 6.07) is 6.28. The Hall–Kier alpha value is -2.15. The molecule has 2 bridgehead atoms. The first-order valence-corrected chi connectivity index (χ1v) is 8.45. The summed E-state index contributed by atoms with van der Waals surface area (Å²) in [7, 11) is 0. The second-order valence-electron chi connectivity index (χ2n) is 6.82. The predicted octanol–water partition coefficient (Wildman–Crippen LogP) is 2.00. The van der Waals surface area contributed by atoms with Gasteiger partial charge in [-0.25, -0.2) is 0 Å². The van der Waals surface area contributed by atoms with Crippen molar-refractivity contribution in [3.63, 3.8) is 0 Å². The van der Waals surface area contributed by atoms with Gasteiger partial charge in [-0.1, -0.05) is 12.5 Å². The first-order chi connectivity index (χ1) is 11.5. The summed E-state index contributed by atoms with van der Waals surface area (Å²) in [5.41, 5.74) is 6.05. The summed E-state index contributed by atoms with van der Waals surface area (Å²) in [5.74, 6) is 1.05. The number of carbonyl (C=O) groups excluding carboxylic acids is 1. The van der Waals surface area contributed by atoms with Crippen LogP contribution in [0.25, 0.3) is 0 Å². The summed E-state index contributed by atoms with van der Waals surface area (Å²) in [6.07, 6.45) is 5.36. The summed E-state index contributed by atoms with van der Waals surface area (Å²) in [4.78, 5) is 22.5. The average molecular weight is 333 g/mol. The molecule has 7 nitrogen and oxygen atoms in total. The van der Waals surface area contributed by atoms with E-state index in [1.165, 1.54) is 24.6 Å². The Kier molecular flexibility index (Phi) is 4.99. The molecule has 0 radical (unpaired) electrons. The summed E-state index contributed by atoms with van der Waals surface area (Å²) >= 11 is 0. The predicted molar refractivity (Wildman–Crippen MR) is 88.6 cm³/mol. The van der Waals surface area contributed by atoms with Crippen LogP contribution in [0.1, 0.15) is 32.1 Å². The molecule has 0 aliphatic heterocycles. The number of nitrogens with one attached hydrogen (secondary N) is 1. The number of nitro benzene ring substituents is 1. The van der Waals surface area contributed by atoms with E-state index in [0.717, 1.165) is 25.7 Å². The molecule has 2 aliphatic rings. The third-order valence-corrected chi connectivity index (χ3v) is 5.10. The second-order valence-corrected chi connectivity index (χ2v) is 6.82. The Balaban J connectivity index is 1.54. The lowest BCUT2D eigenvalue weighted by molar-refractivity contribution is -0.384. The van der Waals surface area contributed by atoms with E-state index in [1.807, 2.05) is 0 Å². The van der Waals surface area contributed by atoms with Gasteiger partial charge in [-0.15, -0.1) is 0 Å². The largest absolute Gasteiger partial charge is 0.484 e. The molecule has 2 saturated carbocycles. The van der Waals surface area contributed by atoms with Crippen molar-refractivity contribution < 1.29 is 14.5 Å². The fourth-order valence-electron chi connectivity index (χ4n) is 4.09. The molecule has 2 fully saturated rings. The van der Waals surface area contributed by atoms with Gasteiger partial charge >= 0.3 is 0 Å². The molecule has 2 atom stereocenters. The van der Waals surface area contributed by atoms with Crippen molar-refractivity contribution in [1.82, 2.24) is 5.32 Å². The van der Waals surface area contributed by atoms with E-state index in [0.29, 0.717) is 17.6 Å². The van der Waals surface area contributed by atoms with Gasteiger partial charge < -0.3 is 15.8 Å². The van der Waals surface area contributed by atoms with Crippen molar-refractivity contribution in [2.24, 2.45) is 17.6 Å². The Morgan fingerprint density at radius 2 is 2.04 bits per heavy atom. The molecular weight excluding hydrogens is 310 g/mol. The molecule has 7 heteroatoms. The Bertz CT molecular complexity index is 608. The molecule has 3 rings (SSSR count). The first kappa shape index (κ1) is 16.7. The van der Waals surface area contributed by atoms with Crippen LogP contribution < -0.4 is 15.8 Å². The van der Waals surface area contributed by atoms with E-state index in [4.69, 9.17) is 10.5 Å². The molecule has 1 aromatic rings. The zero-order valence-electron chi connectivity index (χ0n) is 13.5. The van der Waals surface area contributed by atoms with Crippen LogP contribution in [0.3, 0.4) is 0 Å². The lowest BCUT2D eigenvalue weighted by Crippen LogP contribution is -2.54. The lowest BCUT2D eigenvalue weighted by Gasteiger charge is -2.45. The Labute approximate surface area is 140 Å². The molecule has 1 amide bonds. The lowest BCUT2D eigenvalue weighted by atomic mass is 9.67. The molecule has 2 aliphatic carbocycles. The average Bonchev–Trinajstić information content (AvgIpc) is 2.54. The second kappa shape index (κ2) is 7.17. The number of fused-ring (bicyclic) bond motifs is 2. The van der Waals surface area contributed by atoms with E-state index in [-0.39, 0.29) is 30.3 Å². The van der Waals surface area contributed by atoms with Crippen molar-refractivity contribution in [3.05, 3.63) is 34.4 Å². The van der Waals surface area contributed by atoms with Gasteiger partial charge in [0.1, 0.15) is 5.75 Å². The van der Waals surface area contributed by atoms with Gasteiger partial charge in [0, 0.05) is 18.2 Å². The SMILES string of the molecule is NC1CC2CCCC(C1)C2NC(=O)COc1cccc([N+](=O)[O-])c1. The van der Waals surface area contributed by atoms with Crippen LogP contribution >= 0.6 is 0 Å². The molecule has 0 saturated heterocycles. The number of ether oxygens (including phenoxy) is 1. The minimum absolute atomic E-state index is 0.0521. The molecule has 0 heterocycles. The highest BCUT2D eigenvalue weighted by atomic mass is 16.6. The molecule has 3 N–H and O–H groups in total. The number of hydrogen-bond donors (Lipinski definition) is 2. The molecule has 0 spiro atoms. The monoisotopic (exact) mass is 333 g/mol. The van der Waals surface area contributed by atoms with Crippen LogP contribution in [0.5, 0.6) is 5.75 Å². The van der Waals surface area contributed by atoms with Gasteiger partial charge in [-0.3, -0.25) is 14.9 Å². The van der Waals surface area contributed by atoms with Gasteiger partial charge in [-0.2, -0.15) is 0 Å². The fourth-order valence-corrected chi connectivity index (χ4v) is 4.09. The zero-order chi connectivity index (χ0) is 17.1. The number of benzene rings is 1. The van der Waals surface area contributed by atoms with Crippen LogP contribution in [0.2, 0.25) is 0 Å². The Morgan fingerprint density at radius 1 is 1.33 bits per heavy atom. The number of rotatable bonds is 5. The highest BCUT2D eigenvalue weighted by Crippen LogP contribution is 2.39. The van der Waals surface area contributed by atoms with Gasteiger partial charge in [0.15, 0.2) is 6.61 Å². The quantitative estimate of drug-likeness (QED) is 0.633. The minimum Gasteiger partial charge on any atom is -0.484 e. The topological polar surface area (TPSA) is 107 Å². The number of hydrogen-bond acceptors (Lipinski definition) is 5. The van der Waals surface area contributed by atoms with Crippen molar-refractivity contribution in [2.75, 3.05) is 6.61 Å². The van der Waals surface area contributed by atoms with Crippen LogP contribution in [0, 0.1) is 22.0 Å². The van der Waals surface area contributed by atoms with Crippen molar-refractivity contribution in [2.45, 2.75) is 44.2 Å². The zero-order valence-corrected chi connectivity index (χ0v) is 13.5. The highest BCUT2D eigenvalue weighted by Gasteiger charge is 2.39. The molecular formula is C17H23N3O4. The maximum Gasteiger partial charge on any atom is 0.273 e. The Morgan fingerprint density at radius 3 is 2.71 bits per heavy atom. The smallest absolute Gasteiger partial charge is 0.273 e. The number of nitrogens with two attached hydrogens (primary N) is 1. The van der Waals surface area contributed by atoms with Crippen LogP contribution in [-0.4, -0.2) is 29.5 Å². The number of non-ortho nitro benzene ring substituents is 1. The van der Waals surface area contributed by atoms with E-state index in [9.17, 15) is 14.9 Å². The maximum atomic E-state index is 12.2. The third kappa shape index (κ3) is 3.84. The molecule has 24 heavy (non-hydrogen) atoms. The molecule has 1 aromatic carbocycles. The first-order valence-electron chi connectivity index (χ1n) is 8.45.